The summed E-state index contributed by atoms with van der Waals surface area (Å²) in [4.78, 5) is 0. The molecule has 0 aromatic rings. The van der Waals surface area contributed by atoms with Gasteiger partial charge in [0.2, 0.25) is 0 Å². The molecular formula is C6H9NO. The predicted molar refractivity (Wildman–Crippen MR) is 29.1 cm³/mol. The molecule has 0 saturated carbocycles. The molecule has 0 bridgehead atoms. The molecule has 0 radical (unpaired) electrons. The Labute approximate surface area is 49.1 Å². The summed E-state index contributed by atoms with van der Waals surface area (Å²) in [6, 6.07) is 2.14. The van der Waals surface area contributed by atoms with E-state index in [1.165, 1.54) is 0 Å². The van der Waals surface area contributed by atoms with Crippen molar-refractivity contribution < 1.29 is 4.74 Å². The Balaban J connectivity index is 2.26. The molecule has 2 nitrogen and oxygen atoms in total. The lowest BCUT2D eigenvalue weighted by atomic mass is 10.0. The number of hydrogen-bond donors (Lipinski definition) is 0. The molecule has 8 heavy (non-hydrogen) atoms. The summed E-state index contributed by atoms with van der Waals surface area (Å²) >= 11 is 0. The Morgan fingerprint density at radius 2 is 2.50 bits per heavy atom. The third-order valence-corrected chi connectivity index (χ3v) is 1.50. The molecule has 1 rings (SSSR count). The van der Waals surface area contributed by atoms with E-state index in [4.69, 9.17) is 10.00 Å². The van der Waals surface area contributed by atoms with Crippen LogP contribution in [0, 0.1) is 17.2 Å². The fourth-order valence-electron chi connectivity index (χ4n) is 0.731. The zero-order chi connectivity index (χ0) is 5.98. The molecule has 1 heterocycles. The number of nitrogens with zero attached hydrogens (tertiary/aromatic N) is 1. The molecule has 1 fully saturated rings. The Kier molecular flexibility index (Phi) is 1.50. The van der Waals surface area contributed by atoms with Crippen LogP contribution in [0.15, 0.2) is 0 Å². The zero-order valence-corrected chi connectivity index (χ0v) is 4.92. The summed E-state index contributed by atoms with van der Waals surface area (Å²) in [5, 5.41) is 8.34. The fourth-order valence-corrected chi connectivity index (χ4v) is 0.731. The van der Waals surface area contributed by atoms with E-state index in [1.807, 2.05) is 6.92 Å². The number of rotatable bonds is 1. The van der Waals surface area contributed by atoms with Crippen molar-refractivity contribution in [3.05, 3.63) is 0 Å². The lowest BCUT2D eigenvalue weighted by Crippen LogP contribution is -2.32. The molecule has 0 aliphatic carbocycles. The largest absolute Gasteiger partial charge is 0.377 e. The van der Waals surface area contributed by atoms with E-state index in [-0.39, 0.29) is 12.0 Å². The van der Waals surface area contributed by atoms with Crippen molar-refractivity contribution in [2.24, 2.45) is 5.92 Å². The van der Waals surface area contributed by atoms with Gasteiger partial charge in [-0.05, 0) is 13.3 Å². The highest BCUT2D eigenvalue weighted by atomic mass is 16.5. The van der Waals surface area contributed by atoms with Gasteiger partial charge < -0.3 is 4.74 Å². The van der Waals surface area contributed by atoms with Crippen molar-refractivity contribution in [3.8, 4) is 6.07 Å². The highest BCUT2D eigenvalue weighted by Gasteiger charge is 2.23. The molecule has 0 aromatic heterocycles. The first-order valence-electron chi connectivity index (χ1n) is 2.86. The predicted octanol–water partition coefficient (Wildman–Crippen LogP) is 0.935. The van der Waals surface area contributed by atoms with E-state index in [1.54, 1.807) is 0 Å². The smallest absolute Gasteiger partial charge is 0.0752 e. The van der Waals surface area contributed by atoms with Gasteiger partial charge in [0.15, 0.2) is 0 Å². The summed E-state index contributed by atoms with van der Waals surface area (Å²) in [5.41, 5.74) is 0. The number of hydrogen-bond acceptors (Lipinski definition) is 2. The maximum absolute atomic E-state index is 8.34. The van der Waals surface area contributed by atoms with Gasteiger partial charge in [-0.2, -0.15) is 5.26 Å². The molecule has 0 spiro atoms. The Morgan fingerprint density at radius 1 is 1.88 bits per heavy atom. The molecule has 1 aliphatic heterocycles. The van der Waals surface area contributed by atoms with Crippen molar-refractivity contribution in [2.45, 2.75) is 19.4 Å². The molecule has 0 amide bonds. The van der Waals surface area contributed by atoms with Gasteiger partial charge in [0, 0.05) is 6.61 Å². The maximum Gasteiger partial charge on any atom is 0.0752 e. The molecule has 0 aromatic carbocycles. The third-order valence-electron chi connectivity index (χ3n) is 1.50. The van der Waals surface area contributed by atoms with Crippen LogP contribution in [0.2, 0.25) is 0 Å². The van der Waals surface area contributed by atoms with Crippen molar-refractivity contribution in [3.63, 3.8) is 0 Å². The Hall–Kier alpha value is -0.550. The second-order valence-corrected chi connectivity index (χ2v) is 2.12. The van der Waals surface area contributed by atoms with Gasteiger partial charge in [-0.15, -0.1) is 0 Å². The minimum Gasteiger partial charge on any atom is -0.377 e. The van der Waals surface area contributed by atoms with Gasteiger partial charge in [-0.25, -0.2) is 0 Å². The first-order chi connectivity index (χ1) is 3.84. The fraction of sp³-hybridized carbons (Fsp3) is 0.833. The van der Waals surface area contributed by atoms with E-state index >= 15 is 0 Å². The minimum atomic E-state index is 0.0868. The zero-order valence-electron chi connectivity index (χ0n) is 4.92. The quantitative estimate of drug-likeness (QED) is 0.504. The standard InChI is InChI=1S/C6H9NO/c1-5(4-7)6-2-3-8-6/h5-6H,2-3H2,1H3. The average molecular weight is 111 g/mol. The summed E-state index contributed by atoms with van der Waals surface area (Å²) in [5.74, 6) is 0.0868. The van der Waals surface area contributed by atoms with Crippen molar-refractivity contribution in [1.82, 2.24) is 0 Å². The molecule has 2 heteroatoms. The molecule has 1 aliphatic rings. The van der Waals surface area contributed by atoms with Gasteiger partial charge in [0.1, 0.15) is 0 Å². The first kappa shape index (κ1) is 5.58. The van der Waals surface area contributed by atoms with Crippen LogP contribution in [-0.2, 0) is 4.74 Å². The van der Waals surface area contributed by atoms with Gasteiger partial charge in [0.05, 0.1) is 18.1 Å². The van der Waals surface area contributed by atoms with Crippen LogP contribution in [0.25, 0.3) is 0 Å². The molecule has 44 valence electrons. The van der Waals surface area contributed by atoms with Gasteiger partial charge in [0.25, 0.3) is 0 Å². The highest BCUT2D eigenvalue weighted by molar-refractivity contribution is 4.88. The summed E-state index contributed by atoms with van der Waals surface area (Å²) in [6.45, 7) is 2.74. The third kappa shape index (κ3) is 0.823. The topological polar surface area (TPSA) is 33.0 Å². The van der Waals surface area contributed by atoms with Gasteiger partial charge in [-0.3, -0.25) is 0 Å². The van der Waals surface area contributed by atoms with Gasteiger partial charge in [-0.1, -0.05) is 0 Å². The van der Waals surface area contributed by atoms with Crippen molar-refractivity contribution >= 4 is 0 Å². The summed E-state index contributed by atoms with van der Waals surface area (Å²) in [7, 11) is 0. The molecule has 2 atom stereocenters. The van der Waals surface area contributed by atoms with Gasteiger partial charge >= 0.3 is 0 Å². The van der Waals surface area contributed by atoms with Crippen LogP contribution < -0.4 is 0 Å². The van der Waals surface area contributed by atoms with E-state index < -0.39 is 0 Å². The molecule has 1 saturated heterocycles. The van der Waals surface area contributed by atoms with Crippen LogP contribution >= 0.6 is 0 Å². The second kappa shape index (κ2) is 2.15. The first-order valence-corrected chi connectivity index (χ1v) is 2.86. The lowest BCUT2D eigenvalue weighted by molar-refractivity contribution is -0.0684. The van der Waals surface area contributed by atoms with Crippen LogP contribution in [0.3, 0.4) is 0 Å². The second-order valence-electron chi connectivity index (χ2n) is 2.12. The van der Waals surface area contributed by atoms with Crippen LogP contribution in [0.1, 0.15) is 13.3 Å². The van der Waals surface area contributed by atoms with Crippen LogP contribution in [0.4, 0.5) is 0 Å². The summed E-state index contributed by atoms with van der Waals surface area (Å²) < 4.78 is 5.06. The van der Waals surface area contributed by atoms with E-state index in [0.717, 1.165) is 13.0 Å². The average Bonchev–Trinajstić information content (AvgIpc) is 1.62. The van der Waals surface area contributed by atoms with Crippen molar-refractivity contribution in [1.29, 1.82) is 5.26 Å². The van der Waals surface area contributed by atoms with Crippen molar-refractivity contribution in [2.75, 3.05) is 6.61 Å². The molecule has 2 unspecified atom stereocenters. The van der Waals surface area contributed by atoms with E-state index in [9.17, 15) is 0 Å². The Morgan fingerprint density at radius 3 is 2.62 bits per heavy atom. The van der Waals surface area contributed by atoms with Crippen LogP contribution in [0.5, 0.6) is 0 Å². The number of nitriles is 1. The van der Waals surface area contributed by atoms with E-state index in [0.29, 0.717) is 0 Å². The highest BCUT2D eigenvalue weighted by Crippen LogP contribution is 2.18. The minimum absolute atomic E-state index is 0.0868. The summed E-state index contributed by atoms with van der Waals surface area (Å²) in [6.07, 6.45) is 1.30. The molecular weight excluding hydrogens is 102 g/mol. The molecule has 0 N–H and O–H groups in total. The lowest BCUT2D eigenvalue weighted by Gasteiger charge is -2.27. The van der Waals surface area contributed by atoms with E-state index in [2.05, 4.69) is 6.07 Å². The maximum atomic E-state index is 8.34. The SMILES string of the molecule is CC(C#N)C1CCO1. The normalized spacial score (nSPS) is 30.2. The monoisotopic (exact) mass is 111 g/mol. The van der Waals surface area contributed by atoms with Crippen LogP contribution in [-0.4, -0.2) is 12.7 Å². The number of ether oxygens (including phenoxy) is 1. The Bertz CT molecular complexity index is 112.